The van der Waals surface area contributed by atoms with Crippen LogP contribution in [0.5, 0.6) is 11.5 Å². The minimum absolute atomic E-state index is 0.0143. The molecule has 4 aromatic rings. The zero-order valence-corrected chi connectivity index (χ0v) is 22.2. The van der Waals surface area contributed by atoms with Gasteiger partial charge in [-0.15, -0.1) is 0 Å². The van der Waals surface area contributed by atoms with E-state index in [1.807, 2.05) is 44.2 Å². The molecule has 14 heteroatoms. The molecule has 0 radical (unpaired) electrons. The number of carbonyl (C=O) groups is 2. The summed E-state index contributed by atoms with van der Waals surface area (Å²) in [5.41, 5.74) is 1.08. The lowest BCUT2D eigenvalue weighted by atomic mass is 10.1. The van der Waals surface area contributed by atoms with Crippen LogP contribution in [0.25, 0.3) is 11.0 Å². The molecule has 0 aliphatic rings. The number of rotatable bonds is 9. The molecule has 210 valence electrons. The fourth-order valence-corrected chi connectivity index (χ4v) is 3.73. The van der Waals surface area contributed by atoms with Gasteiger partial charge in [0, 0.05) is 11.6 Å². The van der Waals surface area contributed by atoms with Crippen molar-refractivity contribution in [2.75, 3.05) is 19.0 Å². The average Bonchev–Trinajstić information content (AvgIpc) is 3.34. The normalized spacial score (nSPS) is 10.5. The number of aromatic nitrogens is 4. The number of nitrogens with one attached hydrogen (secondary N) is 1. The summed E-state index contributed by atoms with van der Waals surface area (Å²) in [4.78, 5) is 43.1. The third kappa shape index (κ3) is 6.66. The number of fused-ring (bicyclic) bond motifs is 1. The highest BCUT2D eigenvalue weighted by Crippen LogP contribution is 2.35. The van der Waals surface area contributed by atoms with Crippen LogP contribution in [0.4, 0.5) is 16.3 Å². The van der Waals surface area contributed by atoms with Gasteiger partial charge in [-0.05, 0) is 38.0 Å². The van der Waals surface area contributed by atoms with Crippen molar-refractivity contribution in [2.24, 2.45) is 0 Å². The Morgan fingerprint density at radius 1 is 1.15 bits per heavy atom. The largest absolute Gasteiger partial charge is 0.493 e. The van der Waals surface area contributed by atoms with Gasteiger partial charge in [0.1, 0.15) is 18.6 Å². The first-order valence-electron chi connectivity index (χ1n) is 12.1. The molecule has 0 spiro atoms. The lowest BCUT2D eigenvalue weighted by Crippen LogP contribution is -2.16. The van der Waals surface area contributed by atoms with Crippen molar-refractivity contribution in [3.05, 3.63) is 75.7 Å². The number of amides is 1. The van der Waals surface area contributed by atoms with Crippen molar-refractivity contribution in [1.29, 1.82) is 0 Å². The summed E-state index contributed by atoms with van der Waals surface area (Å²) in [5, 5.41) is 28.0. The van der Waals surface area contributed by atoms with Crippen molar-refractivity contribution in [2.45, 2.75) is 26.5 Å². The lowest BCUT2D eigenvalue weighted by molar-refractivity contribution is -0.385. The lowest BCUT2D eigenvalue weighted by Gasteiger charge is -2.12. The maximum atomic E-state index is 12.8. The molecule has 2 aromatic carbocycles. The number of nitro groups is 1. The summed E-state index contributed by atoms with van der Waals surface area (Å²) >= 11 is 0. The van der Waals surface area contributed by atoms with Crippen LogP contribution in [-0.2, 0) is 16.1 Å². The van der Waals surface area contributed by atoms with E-state index in [4.69, 9.17) is 19.3 Å². The molecule has 14 nitrogen and oxygen atoms in total. The molecule has 1 amide bonds. The van der Waals surface area contributed by atoms with Gasteiger partial charge in [-0.3, -0.25) is 15.4 Å². The molecule has 2 aromatic heterocycles. The van der Waals surface area contributed by atoms with Crippen molar-refractivity contribution in [3.63, 3.8) is 0 Å². The average molecular weight is 561 g/mol. The molecular formula is C27H24N6O8. The standard InChI is InChI=1S/C27H24N6O8/c1-16(2)32-26-24(19(31-32)10-9-17-7-5-4-6-8-17)25(28-15-29-26)30-27(36)41-13-18-11-21(39-3)22(40-14-23(34)35)12-20(18)33(37)38/h4-8,11-12,15-16H,13-14H2,1-3H3,(H,34,35)(H,28,29,30,36). The van der Waals surface area contributed by atoms with Crippen LogP contribution in [0.2, 0.25) is 0 Å². The maximum Gasteiger partial charge on any atom is 0.413 e. The number of hydrogen-bond donors (Lipinski definition) is 2. The molecule has 0 atom stereocenters. The number of hydrogen-bond acceptors (Lipinski definition) is 10. The highest BCUT2D eigenvalue weighted by Gasteiger charge is 2.23. The summed E-state index contributed by atoms with van der Waals surface area (Å²) in [6.45, 7) is 2.59. The number of carbonyl (C=O) groups excluding carboxylic acids is 1. The van der Waals surface area contributed by atoms with Gasteiger partial charge < -0.3 is 19.3 Å². The Hall–Kier alpha value is -5.71. The molecule has 0 saturated carbocycles. The summed E-state index contributed by atoms with van der Waals surface area (Å²) < 4.78 is 17.2. The molecule has 0 unspecified atom stereocenters. The van der Waals surface area contributed by atoms with Crippen LogP contribution in [-0.4, -0.2) is 55.6 Å². The summed E-state index contributed by atoms with van der Waals surface area (Å²) in [7, 11) is 1.28. The maximum absolute atomic E-state index is 12.8. The Bertz CT molecular complexity index is 1670. The summed E-state index contributed by atoms with van der Waals surface area (Å²) in [6, 6.07) is 11.5. The van der Waals surface area contributed by atoms with Gasteiger partial charge in [0.2, 0.25) is 0 Å². The third-order valence-corrected chi connectivity index (χ3v) is 5.57. The molecule has 41 heavy (non-hydrogen) atoms. The first kappa shape index (κ1) is 28.3. The molecule has 2 N–H and O–H groups in total. The Morgan fingerprint density at radius 2 is 1.90 bits per heavy atom. The molecule has 0 bridgehead atoms. The minimum atomic E-state index is -1.27. The highest BCUT2D eigenvalue weighted by molar-refractivity contribution is 5.98. The Morgan fingerprint density at radius 3 is 2.56 bits per heavy atom. The van der Waals surface area contributed by atoms with Crippen molar-refractivity contribution >= 4 is 34.6 Å². The second-order valence-electron chi connectivity index (χ2n) is 8.70. The first-order valence-corrected chi connectivity index (χ1v) is 12.1. The number of nitro benzene ring substituents is 1. The second kappa shape index (κ2) is 12.4. The van der Waals surface area contributed by atoms with Crippen molar-refractivity contribution < 1.29 is 33.8 Å². The SMILES string of the molecule is COc1cc(COC(=O)Nc2ncnc3c2c(C#Cc2ccccc2)nn3C(C)C)c([N+](=O)[O-])cc1OCC(=O)O. The van der Waals surface area contributed by atoms with Crippen molar-refractivity contribution in [3.8, 4) is 23.3 Å². The van der Waals surface area contributed by atoms with Crippen LogP contribution in [0.3, 0.4) is 0 Å². The molecular weight excluding hydrogens is 536 g/mol. The number of benzene rings is 2. The highest BCUT2D eigenvalue weighted by atomic mass is 16.6. The summed E-state index contributed by atoms with van der Waals surface area (Å²) in [5.74, 6) is 4.74. The molecule has 0 fully saturated rings. The third-order valence-electron chi connectivity index (χ3n) is 5.57. The number of carboxylic acids is 1. The molecule has 2 heterocycles. The number of nitrogens with zero attached hydrogens (tertiary/aromatic N) is 5. The van der Waals surface area contributed by atoms with E-state index in [0.29, 0.717) is 16.7 Å². The van der Waals surface area contributed by atoms with Gasteiger partial charge in [0.15, 0.2) is 29.6 Å². The Balaban J connectivity index is 1.60. The van der Waals surface area contributed by atoms with E-state index >= 15 is 0 Å². The topological polar surface area (TPSA) is 181 Å². The zero-order chi connectivity index (χ0) is 29.5. The van der Waals surface area contributed by atoms with Crippen molar-refractivity contribution in [1.82, 2.24) is 19.7 Å². The fourth-order valence-electron chi connectivity index (χ4n) is 3.73. The monoisotopic (exact) mass is 560 g/mol. The predicted octanol–water partition coefficient (Wildman–Crippen LogP) is 3.94. The van der Waals surface area contributed by atoms with E-state index in [0.717, 1.165) is 11.6 Å². The van der Waals surface area contributed by atoms with Gasteiger partial charge in [0.25, 0.3) is 5.69 Å². The minimum Gasteiger partial charge on any atom is -0.493 e. The molecule has 0 saturated heterocycles. The van der Waals surface area contributed by atoms with Gasteiger partial charge >= 0.3 is 12.1 Å². The summed E-state index contributed by atoms with van der Waals surface area (Å²) in [6.07, 6.45) is 0.307. The van der Waals surface area contributed by atoms with Gasteiger partial charge in [-0.1, -0.05) is 24.1 Å². The van der Waals surface area contributed by atoms with Crippen LogP contribution in [0.15, 0.2) is 48.8 Å². The number of anilines is 1. The molecule has 0 aliphatic carbocycles. The van der Waals surface area contributed by atoms with E-state index in [2.05, 4.69) is 32.2 Å². The smallest absolute Gasteiger partial charge is 0.413 e. The number of carboxylic acid groups (broad SMARTS) is 1. The van der Waals surface area contributed by atoms with Crippen LogP contribution < -0.4 is 14.8 Å². The Labute approximate surface area is 233 Å². The molecule has 0 aliphatic heterocycles. The molecule has 4 rings (SSSR count). The van der Waals surface area contributed by atoms with Gasteiger partial charge in [0.05, 0.1) is 29.0 Å². The van der Waals surface area contributed by atoms with Crippen LogP contribution in [0.1, 0.15) is 36.7 Å². The van der Waals surface area contributed by atoms with Gasteiger partial charge in [-0.25, -0.2) is 24.2 Å². The Kier molecular flexibility index (Phi) is 8.58. The van der Waals surface area contributed by atoms with E-state index in [9.17, 15) is 19.7 Å². The van der Waals surface area contributed by atoms with E-state index in [1.54, 1.807) is 4.68 Å². The van der Waals surface area contributed by atoms with Gasteiger partial charge in [-0.2, -0.15) is 5.10 Å². The number of methoxy groups -OCH3 is 1. The van der Waals surface area contributed by atoms with E-state index in [-0.39, 0.29) is 28.9 Å². The number of ether oxygens (including phenoxy) is 3. The quantitative estimate of drug-likeness (QED) is 0.172. The predicted molar refractivity (Wildman–Crippen MR) is 145 cm³/mol. The fraction of sp³-hybridized carbons (Fsp3) is 0.222. The van der Waals surface area contributed by atoms with Crippen LogP contribution in [0, 0.1) is 22.0 Å². The van der Waals surface area contributed by atoms with E-state index in [1.165, 1.54) is 19.5 Å². The first-order chi connectivity index (χ1) is 19.7. The zero-order valence-electron chi connectivity index (χ0n) is 22.2. The van der Waals surface area contributed by atoms with E-state index < -0.39 is 35.9 Å². The second-order valence-corrected chi connectivity index (χ2v) is 8.70. The van der Waals surface area contributed by atoms with Crippen LogP contribution >= 0.6 is 0 Å². The number of aliphatic carboxylic acids is 1.